The summed E-state index contributed by atoms with van der Waals surface area (Å²) in [6.07, 6.45) is 8.30. The molecule has 0 saturated heterocycles. The number of hydrogen-bond donors (Lipinski definition) is 0. The number of hydrogen-bond acceptors (Lipinski definition) is 4. The SMILES string of the molecule is CN(C)S(=O)(=O)c1ccc(C(=O)O[C@@H]2CC[C@@H]3CCCC[C@@H]3C2)cc1. The Balaban J connectivity index is 1.62. The van der Waals surface area contributed by atoms with Crippen molar-refractivity contribution in [2.24, 2.45) is 11.8 Å². The van der Waals surface area contributed by atoms with Crippen molar-refractivity contribution in [3.05, 3.63) is 29.8 Å². The van der Waals surface area contributed by atoms with Gasteiger partial charge in [0.25, 0.3) is 0 Å². The maximum atomic E-state index is 12.4. The highest BCUT2D eigenvalue weighted by Gasteiger charge is 2.33. The van der Waals surface area contributed by atoms with Gasteiger partial charge in [-0.2, -0.15) is 0 Å². The number of carbonyl (C=O) groups is 1. The van der Waals surface area contributed by atoms with Gasteiger partial charge in [-0.15, -0.1) is 0 Å². The molecule has 2 saturated carbocycles. The van der Waals surface area contributed by atoms with E-state index in [2.05, 4.69) is 0 Å². The summed E-state index contributed by atoms with van der Waals surface area (Å²) in [4.78, 5) is 12.6. The normalized spacial score (nSPS) is 26.9. The van der Waals surface area contributed by atoms with Crippen molar-refractivity contribution in [1.82, 2.24) is 4.31 Å². The van der Waals surface area contributed by atoms with Crippen LogP contribution in [0, 0.1) is 11.8 Å². The molecule has 0 spiro atoms. The molecular formula is C19H27NO4S. The van der Waals surface area contributed by atoms with E-state index < -0.39 is 10.0 Å². The molecule has 0 aliphatic heterocycles. The van der Waals surface area contributed by atoms with Crippen LogP contribution >= 0.6 is 0 Å². The van der Waals surface area contributed by atoms with E-state index in [4.69, 9.17) is 4.74 Å². The third kappa shape index (κ3) is 4.06. The molecule has 0 radical (unpaired) electrons. The molecule has 5 nitrogen and oxygen atoms in total. The summed E-state index contributed by atoms with van der Waals surface area (Å²) in [5.74, 6) is 1.17. The standard InChI is InChI=1S/C19H27NO4S/c1-20(2)25(22,23)18-11-8-15(9-12-18)19(21)24-17-10-7-14-5-3-4-6-16(14)13-17/h8-9,11-12,14,16-17H,3-7,10,13H2,1-2H3/t14-,16+,17+/m0/s1. The van der Waals surface area contributed by atoms with Gasteiger partial charge >= 0.3 is 5.97 Å². The van der Waals surface area contributed by atoms with Crippen LogP contribution in [0.25, 0.3) is 0 Å². The van der Waals surface area contributed by atoms with E-state index in [0.29, 0.717) is 11.5 Å². The van der Waals surface area contributed by atoms with Gasteiger partial charge in [-0.3, -0.25) is 0 Å². The molecule has 0 unspecified atom stereocenters. The number of carbonyl (C=O) groups excluding carboxylic acids is 1. The average molecular weight is 365 g/mol. The van der Waals surface area contributed by atoms with Gasteiger partial charge < -0.3 is 4.74 Å². The Morgan fingerprint density at radius 2 is 1.64 bits per heavy atom. The van der Waals surface area contributed by atoms with E-state index in [9.17, 15) is 13.2 Å². The number of esters is 1. The zero-order valence-electron chi connectivity index (χ0n) is 15.0. The number of rotatable bonds is 4. The van der Waals surface area contributed by atoms with Crippen LogP contribution in [0.1, 0.15) is 55.3 Å². The minimum atomic E-state index is -3.48. The zero-order chi connectivity index (χ0) is 18.0. The van der Waals surface area contributed by atoms with Gasteiger partial charge in [0.05, 0.1) is 10.5 Å². The van der Waals surface area contributed by atoms with E-state index in [-0.39, 0.29) is 17.0 Å². The molecule has 6 heteroatoms. The lowest BCUT2D eigenvalue weighted by molar-refractivity contribution is -0.000933. The molecule has 0 heterocycles. The van der Waals surface area contributed by atoms with E-state index in [1.807, 2.05) is 0 Å². The number of benzene rings is 1. The first-order valence-corrected chi connectivity index (χ1v) is 10.6. The van der Waals surface area contributed by atoms with Crippen LogP contribution in [-0.4, -0.2) is 38.9 Å². The smallest absolute Gasteiger partial charge is 0.338 e. The second-order valence-corrected chi connectivity index (χ2v) is 9.61. The Labute approximate surface area is 150 Å². The fraction of sp³-hybridized carbons (Fsp3) is 0.632. The zero-order valence-corrected chi connectivity index (χ0v) is 15.8. The molecule has 3 atom stereocenters. The van der Waals surface area contributed by atoms with Crippen LogP contribution in [0.15, 0.2) is 29.2 Å². The lowest BCUT2D eigenvalue weighted by Gasteiger charge is -2.38. The Bertz CT molecular complexity index is 711. The number of nitrogens with zero attached hydrogens (tertiary/aromatic N) is 1. The van der Waals surface area contributed by atoms with Gasteiger partial charge in [-0.1, -0.05) is 25.7 Å². The molecule has 0 aromatic heterocycles. The van der Waals surface area contributed by atoms with Crippen molar-refractivity contribution in [2.45, 2.75) is 55.9 Å². The van der Waals surface area contributed by atoms with Crippen molar-refractivity contribution < 1.29 is 17.9 Å². The topological polar surface area (TPSA) is 63.7 Å². The quantitative estimate of drug-likeness (QED) is 0.767. The van der Waals surface area contributed by atoms with Gasteiger partial charge in [0.1, 0.15) is 6.10 Å². The summed E-state index contributed by atoms with van der Waals surface area (Å²) in [5.41, 5.74) is 0.406. The Morgan fingerprint density at radius 1 is 1.00 bits per heavy atom. The first-order valence-electron chi connectivity index (χ1n) is 9.11. The molecule has 1 aromatic rings. The number of fused-ring (bicyclic) bond motifs is 1. The maximum absolute atomic E-state index is 12.4. The minimum absolute atomic E-state index is 0.00275. The van der Waals surface area contributed by atoms with Crippen LogP contribution in [-0.2, 0) is 14.8 Å². The largest absolute Gasteiger partial charge is 0.459 e. The Morgan fingerprint density at radius 3 is 2.28 bits per heavy atom. The van der Waals surface area contributed by atoms with Crippen LogP contribution < -0.4 is 0 Å². The molecule has 2 aliphatic rings. The van der Waals surface area contributed by atoms with Crippen molar-refractivity contribution >= 4 is 16.0 Å². The lowest BCUT2D eigenvalue weighted by Crippen LogP contribution is -2.33. The molecule has 0 amide bonds. The molecule has 3 rings (SSSR count). The molecule has 0 bridgehead atoms. The van der Waals surface area contributed by atoms with Crippen LogP contribution in [0.3, 0.4) is 0 Å². The third-order valence-electron chi connectivity index (χ3n) is 5.63. The van der Waals surface area contributed by atoms with Crippen LogP contribution in [0.4, 0.5) is 0 Å². The first-order chi connectivity index (χ1) is 11.9. The van der Waals surface area contributed by atoms with E-state index in [1.165, 1.54) is 64.0 Å². The Kier molecular flexibility index (Phi) is 5.49. The van der Waals surface area contributed by atoms with E-state index in [1.54, 1.807) is 0 Å². The van der Waals surface area contributed by atoms with Crippen molar-refractivity contribution in [3.63, 3.8) is 0 Å². The summed E-state index contributed by atoms with van der Waals surface area (Å²) in [6, 6.07) is 5.99. The fourth-order valence-electron chi connectivity index (χ4n) is 4.13. The highest BCUT2D eigenvalue weighted by Crippen LogP contribution is 2.41. The summed E-state index contributed by atoms with van der Waals surface area (Å²) in [6.45, 7) is 0. The summed E-state index contributed by atoms with van der Waals surface area (Å²) in [7, 11) is -0.508. The van der Waals surface area contributed by atoms with Crippen molar-refractivity contribution in [1.29, 1.82) is 0 Å². The molecular weight excluding hydrogens is 338 g/mol. The molecule has 2 fully saturated rings. The molecule has 1 aromatic carbocycles. The van der Waals surface area contributed by atoms with Gasteiger partial charge in [0.2, 0.25) is 10.0 Å². The van der Waals surface area contributed by atoms with Gasteiger partial charge in [-0.05, 0) is 55.4 Å². The number of ether oxygens (including phenoxy) is 1. The summed E-state index contributed by atoms with van der Waals surface area (Å²) in [5, 5.41) is 0. The van der Waals surface area contributed by atoms with Gasteiger partial charge in [0, 0.05) is 14.1 Å². The second kappa shape index (κ2) is 7.46. The third-order valence-corrected chi connectivity index (χ3v) is 7.46. The highest BCUT2D eigenvalue weighted by molar-refractivity contribution is 7.89. The second-order valence-electron chi connectivity index (χ2n) is 7.46. The maximum Gasteiger partial charge on any atom is 0.338 e. The van der Waals surface area contributed by atoms with Crippen molar-refractivity contribution in [2.75, 3.05) is 14.1 Å². The predicted octanol–water partition coefficient (Wildman–Crippen LogP) is 3.45. The predicted molar refractivity (Wildman–Crippen MR) is 95.8 cm³/mol. The van der Waals surface area contributed by atoms with Gasteiger partial charge in [-0.25, -0.2) is 17.5 Å². The fourth-order valence-corrected chi connectivity index (χ4v) is 5.03. The molecule has 0 N–H and O–H groups in total. The molecule has 2 aliphatic carbocycles. The summed E-state index contributed by atoms with van der Waals surface area (Å²) >= 11 is 0. The highest BCUT2D eigenvalue weighted by atomic mass is 32.2. The molecule has 25 heavy (non-hydrogen) atoms. The minimum Gasteiger partial charge on any atom is -0.459 e. The monoisotopic (exact) mass is 365 g/mol. The summed E-state index contributed by atoms with van der Waals surface area (Å²) < 4.78 is 31.0. The van der Waals surface area contributed by atoms with Crippen LogP contribution in [0.5, 0.6) is 0 Å². The van der Waals surface area contributed by atoms with Crippen LogP contribution in [0.2, 0.25) is 0 Å². The number of sulfonamides is 1. The van der Waals surface area contributed by atoms with E-state index in [0.717, 1.165) is 29.5 Å². The first kappa shape index (κ1) is 18.4. The average Bonchev–Trinajstić information content (AvgIpc) is 2.61. The van der Waals surface area contributed by atoms with Gasteiger partial charge in [0.15, 0.2) is 0 Å². The van der Waals surface area contributed by atoms with E-state index >= 15 is 0 Å². The Hall–Kier alpha value is -1.40. The lowest BCUT2D eigenvalue weighted by atomic mass is 9.70. The van der Waals surface area contributed by atoms with Crippen molar-refractivity contribution in [3.8, 4) is 0 Å². The molecule has 138 valence electrons.